The van der Waals surface area contributed by atoms with E-state index in [1.807, 2.05) is 24.3 Å². The second-order valence-corrected chi connectivity index (χ2v) is 8.27. The summed E-state index contributed by atoms with van der Waals surface area (Å²) in [5, 5.41) is 7.31. The van der Waals surface area contributed by atoms with Crippen LogP contribution in [0.25, 0.3) is 0 Å². The van der Waals surface area contributed by atoms with E-state index in [-0.39, 0.29) is 5.91 Å². The number of carbonyl (C=O) groups is 1. The van der Waals surface area contributed by atoms with Crippen molar-refractivity contribution in [1.29, 1.82) is 0 Å². The normalized spacial score (nSPS) is 15.5. The van der Waals surface area contributed by atoms with Gasteiger partial charge in [0.25, 0.3) is 5.91 Å². The number of alkyl halides is 1. The first-order valence-electron chi connectivity index (χ1n) is 11.1. The van der Waals surface area contributed by atoms with Gasteiger partial charge in [-0.05, 0) is 86.3 Å². The van der Waals surface area contributed by atoms with E-state index in [0.29, 0.717) is 5.92 Å². The molecule has 32 heavy (non-hydrogen) atoms. The van der Waals surface area contributed by atoms with Gasteiger partial charge >= 0.3 is 0 Å². The Morgan fingerprint density at radius 1 is 1.16 bits per heavy atom. The molecule has 2 aromatic rings. The van der Waals surface area contributed by atoms with Crippen LogP contribution in [0, 0.1) is 5.92 Å². The number of amides is 1. The van der Waals surface area contributed by atoms with Crippen LogP contribution in [0.1, 0.15) is 40.7 Å². The van der Waals surface area contributed by atoms with Gasteiger partial charge < -0.3 is 15.5 Å². The van der Waals surface area contributed by atoms with E-state index in [9.17, 15) is 4.79 Å². The Labute approximate surface area is 208 Å². The number of piperidine rings is 1. The summed E-state index contributed by atoms with van der Waals surface area (Å²) in [6.45, 7) is 4.70. The van der Waals surface area contributed by atoms with Crippen LogP contribution in [-0.4, -0.2) is 44.7 Å². The van der Waals surface area contributed by atoms with Gasteiger partial charge in [0.1, 0.15) is 0 Å². The average molecular weight is 497 g/mol. The van der Waals surface area contributed by atoms with Gasteiger partial charge in [-0.1, -0.05) is 29.8 Å². The van der Waals surface area contributed by atoms with Crippen molar-refractivity contribution >= 4 is 47.4 Å². The number of benzene rings is 2. The zero-order valence-electron chi connectivity index (χ0n) is 19.0. The Balaban J connectivity index is 0.000000860. The maximum Gasteiger partial charge on any atom is 0.251 e. The summed E-state index contributed by atoms with van der Waals surface area (Å²) in [6, 6.07) is 14.2. The van der Waals surface area contributed by atoms with Crippen molar-refractivity contribution in [2.75, 3.05) is 43.7 Å². The number of rotatable bonds is 5. The van der Waals surface area contributed by atoms with Gasteiger partial charge in [-0.25, -0.2) is 0 Å². The molecule has 0 radical (unpaired) electrons. The molecule has 2 N–H and O–H groups in total. The van der Waals surface area contributed by atoms with Crippen LogP contribution in [0.4, 0.5) is 5.69 Å². The lowest BCUT2D eigenvalue weighted by Gasteiger charge is -2.32. The number of fused-ring (bicyclic) bond motifs is 1. The molecule has 2 heterocycles. The van der Waals surface area contributed by atoms with Crippen molar-refractivity contribution < 1.29 is 4.79 Å². The fourth-order valence-electron chi connectivity index (χ4n) is 4.24. The molecule has 176 valence electrons. The zero-order valence-corrected chi connectivity index (χ0v) is 21.4. The molecule has 4 nitrogen and oxygen atoms in total. The van der Waals surface area contributed by atoms with Crippen LogP contribution in [0.2, 0.25) is 5.02 Å². The number of hydrogen-bond donors (Lipinski definition) is 3. The second-order valence-electron chi connectivity index (χ2n) is 7.86. The van der Waals surface area contributed by atoms with Crippen LogP contribution in [0.15, 0.2) is 42.5 Å². The van der Waals surface area contributed by atoms with E-state index in [1.54, 1.807) is 6.26 Å². The smallest absolute Gasteiger partial charge is 0.251 e. The summed E-state index contributed by atoms with van der Waals surface area (Å²) in [4.78, 5) is 15.0. The second kappa shape index (κ2) is 14.7. The van der Waals surface area contributed by atoms with Crippen LogP contribution in [0.5, 0.6) is 0 Å². The van der Waals surface area contributed by atoms with Gasteiger partial charge in [-0.3, -0.25) is 4.79 Å². The van der Waals surface area contributed by atoms with Gasteiger partial charge in [0.15, 0.2) is 0 Å². The van der Waals surface area contributed by atoms with Crippen molar-refractivity contribution in [3.05, 3.63) is 64.2 Å². The first kappa shape index (κ1) is 26.8. The Kier molecular flexibility index (Phi) is 12.3. The zero-order chi connectivity index (χ0) is 23.3. The largest absolute Gasteiger partial charge is 0.367 e. The number of halogens is 2. The van der Waals surface area contributed by atoms with E-state index in [0.717, 1.165) is 74.6 Å². The van der Waals surface area contributed by atoms with Crippen molar-refractivity contribution in [3.63, 3.8) is 0 Å². The summed E-state index contributed by atoms with van der Waals surface area (Å²) in [6.07, 6.45) is 7.56. The number of hydrogen-bond acceptors (Lipinski definition) is 4. The SMILES string of the molecule is CCl.CS.O=C(NCC1CCNCC1)c1ccc2c(c1)CCCN2Cc1ccccc1Cl. The molecule has 1 amide bonds. The molecule has 7 heteroatoms. The summed E-state index contributed by atoms with van der Waals surface area (Å²) < 4.78 is 0. The van der Waals surface area contributed by atoms with Gasteiger partial charge in [-0.15, -0.1) is 11.6 Å². The molecule has 0 atom stereocenters. The van der Waals surface area contributed by atoms with Gasteiger partial charge in [-0.2, -0.15) is 12.6 Å². The number of nitrogens with zero attached hydrogens (tertiary/aromatic N) is 1. The summed E-state index contributed by atoms with van der Waals surface area (Å²) in [5.74, 6) is 0.637. The predicted octanol–water partition coefficient (Wildman–Crippen LogP) is 5.42. The Morgan fingerprint density at radius 3 is 2.59 bits per heavy atom. The maximum absolute atomic E-state index is 12.6. The molecule has 2 aliphatic heterocycles. The molecular formula is C25H35Cl2N3OS. The average Bonchev–Trinajstić information content (AvgIpc) is 2.87. The van der Waals surface area contributed by atoms with Crippen LogP contribution in [-0.2, 0) is 13.0 Å². The summed E-state index contributed by atoms with van der Waals surface area (Å²) in [5.41, 5.74) is 4.39. The van der Waals surface area contributed by atoms with E-state index >= 15 is 0 Å². The summed E-state index contributed by atoms with van der Waals surface area (Å²) in [7, 11) is 0. The van der Waals surface area contributed by atoms with Crippen LogP contribution in [0.3, 0.4) is 0 Å². The lowest BCUT2D eigenvalue weighted by atomic mass is 9.97. The molecule has 2 aromatic carbocycles. The Hall–Kier alpha value is -1.40. The standard InChI is InChI=1S/C23H28ClN3O.CH3Cl.CH4S/c24-21-6-2-1-4-20(21)16-27-13-3-5-18-14-19(7-8-22(18)27)23(28)26-15-17-9-11-25-12-10-17;2*1-2/h1-2,4,6-8,14,17,25H,3,5,9-13,15-16H2,(H,26,28);1H3;2H,1H3. The van der Waals surface area contributed by atoms with Crippen LogP contribution >= 0.6 is 35.8 Å². The molecule has 0 aliphatic carbocycles. The number of aryl methyl sites for hydroxylation is 1. The third-order valence-corrected chi connectivity index (χ3v) is 6.25. The van der Waals surface area contributed by atoms with E-state index in [4.69, 9.17) is 11.6 Å². The molecule has 0 saturated carbocycles. The highest BCUT2D eigenvalue weighted by molar-refractivity contribution is 7.79. The van der Waals surface area contributed by atoms with E-state index in [2.05, 4.69) is 58.0 Å². The van der Waals surface area contributed by atoms with Gasteiger partial charge in [0.2, 0.25) is 0 Å². The highest BCUT2D eigenvalue weighted by atomic mass is 35.5. The monoisotopic (exact) mass is 495 g/mol. The minimum atomic E-state index is 0.0459. The topological polar surface area (TPSA) is 44.4 Å². The van der Waals surface area contributed by atoms with Crippen molar-refractivity contribution in [2.45, 2.75) is 32.2 Å². The fraction of sp³-hybridized carbons (Fsp3) is 0.480. The number of anilines is 1. The van der Waals surface area contributed by atoms with Gasteiger partial charge in [0.05, 0.1) is 0 Å². The lowest BCUT2D eigenvalue weighted by Crippen LogP contribution is -2.36. The number of nitrogens with one attached hydrogen (secondary N) is 2. The molecular weight excluding hydrogens is 461 g/mol. The molecule has 0 bridgehead atoms. The third kappa shape index (κ3) is 7.58. The Morgan fingerprint density at radius 2 is 1.88 bits per heavy atom. The summed E-state index contributed by atoms with van der Waals surface area (Å²) >= 11 is 14.5. The van der Waals surface area contributed by atoms with Crippen molar-refractivity contribution in [1.82, 2.24) is 10.6 Å². The Bertz CT molecular complexity index is 844. The molecule has 0 aromatic heterocycles. The molecule has 0 unspecified atom stereocenters. The van der Waals surface area contributed by atoms with Crippen molar-refractivity contribution in [2.24, 2.45) is 5.92 Å². The first-order valence-corrected chi connectivity index (χ1v) is 13.2. The number of carbonyl (C=O) groups excluding carboxylic acids is 1. The van der Waals surface area contributed by atoms with Gasteiger partial charge in [0, 0.05) is 42.3 Å². The molecule has 0 spiro atoms. The number of thiol groups is 1. The molecule has 4 rings (SSSR count). The molecule has 1 fully saturated rings. The highest BCUT2D eigenvalue weighted by Gasteiger charge is 2.20. The van der Waals surface area contributed by atoms with E-state index < -0.39 is 0 Å². The maximum atomic E-state index is 12.6. The predicted molar refractivity (Wildman–Crippen MR) is 142 cm³/mol. The minimum absolute atomic E-state index is 0.0459. The minimum Gasteiger partial charge on any atom is -0.367 e. The first-order chi connectivity index (χ1) is 15.7. The van der Waals surface area contributed by atoms with Crippen molar-refractivity contribution in [3.8, 4) is 0 Å². The molecule has 2 aliphatic rings. The third-order valence-electron chi connectivity index (χ3n) is 5.89. The quantitative estimate of drug-likeness (QED) is 0.383. The molecule has 1 saturated heterocycles. The highest BCUT2D eigenvalue weighted by Crippen LogP contribution is 2.30. The van der Waals surface area contributed by atoms with Crippen LogP contribution < -0.4 is 15.5 Å². The van der Waals surface area contributed by atoms with E-state index in [1.165, 1.54) is 17.6 Å². The fourth-order valence-corrected chi connectivity index (χ4v) is 4.43. The lowest BCUT2D eigenvalue weighted by molar-refractivity contribution is 0.0944.